The van der Waals surface area contributed by atoms with Crippen LogP contribution in [0.5, 0.6) is 0 Å². The van der Waals surface area contributed by atoms with Crippen LogP contribution in [0.15, 0.2) is 54.2 Å². The second-order valence-electron chi connectivity index (χ2n) is 7.82. The van der Waals surface area contributed by atoms with Crippen LogP contribution in [0.3, 0.4) is 0 Å². The number of likely N-dealkylation sites (tertiary alicyclic amines) is 1. The van der Waals surface area contributed by atoms with Crippen LogP contribution in [-0.4, -0.2) is 39.9 Å². The molecule has 5 nitrogen and oxygen atoms in total. The highest BCUT2D eigenvalue weighted by molar-refractivity contribution is 7.09. The largest absolute Gasteiger partial charge is 0.416 e. The van der Waals surface area contributed by atoms with Crippen molar-refractivity contribution in [1.29, 1.82) is 0 Å². The molecule has 2 aromatic heterocycles. The SMILES string of the molecule is Cc1nc(C(=O)N2CCC(NC(c3ccc(C(F)(F)F)cc3)c3cccnc3)CC2)cs1. The van der Waals surface area contributed by atoms with Crippen molar-refractivity contribution in [3.63, 3.8) is 0 Å². The van der Waals surface area contributed by atoms with E-state index in [0.29, 0.717) is 18.8 Å². The predicted octanol–water partition coefficient (Wildman–Crippen LogP) is 4.85. The number of hydrogen-bond acceptors (Lipinski definition) is 5. The van der Waals surface area contributed by atoms with Gasteiger partial charge in [0.25, 0.3) is 5.91 Å². The molecule has 1 saturated heterocycles. The fourth-order valence-corrected chi connectivity index (χ4v) is 4.49. The van der Waals surface area contributed by atoms with Crippen LogP contribution in [0.25, 0.3) is 0 Å². The van der Waals surface area contributed by atoms with Crippen LogP contribution in [0.4, 0.5) is 13.2 Å². The first-order chi connectivity index (χ1) is 15.3. The molecule has 1 atom stereocenters. The number of benzene rings is 1. The number of aromatic nitrogens is 2. The Labute approximate surface area is 188 Å². The number of piperidine rings is 1. The van der Waals surface area contributed by atoms with Gasteiger partial charge in [0.2, 0.25) is 0 Å². The molecule has 1 fully saturated rings. The summed E-state index contributed by atoms with van der Waals surface area (Å²) in [4.78, 5) is 22.9. The predicted molar refractivity (Wildman–Crippen MR) is 116 cm³/mol. The van der Waals surface area contributed by atoms with Crippen molar-refractivity contribution in [1.82, 2.24) is 20.2 Å². The standard InChI is InChI=1S/C23H23F3N4OS/c1-15-28-20(14-32-15)22(31)30-11-8-19(9-12-30)29-21(17-3-2-10-27-13-17)16-4-6-18(7-5-16)23(24,25)26/h2-7,10,13-14,19,21,29H,8-9,11-12H2,1H3. The van der Waals surface area contributed by atoms with Crippen molar-refractivity contribution < 1.29 is 18.0 Å². The lowest BCUT2D eigenvalue weighted by Gasteiger charge is -2.34. The maximum atomic E-state index is 13.0. The third kappa shape index (κ3) is 5.16. The van der Waals surface area contributed by atoms with E-state index in [1.165, 1.54) is 23.5 Å². The van der Waals surface area contributed by atoms with Gasteiger partial charge in [-0.15, -0.1) is 11.3 Å². The fourth-order valence-electron chi connectivity index (χ4n) is 3.90. The summed E-state index contributed by atoms with van der Waals surface area (Å²) in [6, 6.07) is 8.78. The van der Waals surface area contributed by atoms with Gasteiger partial charge in [-0.05, 0) is 49.1 Å². The summed E-state index contributed by atoms with van der Waals surface area (Å²) < 4.78 is 38.9. The molecule has 1 aliphatic rings. The van der Waals surface area contributed by atoms with Gasteiger partial charge < -0.3 is 10.2 Å². The molecule has 4 rings (SSSR count). The molecule has 1 aromatic carbocycles. The lowest BCUT2D eigenvalue weighted by Crippen LogP contribution is -2.46. The van der Waals surface area contributed by atoms with E-state index in [1.54, 1.807) is 17.8 Å². The molecule has 0 spiro atoms. The maximum Gasteiger partial charge on any atom is 0.416 e. The van der Waals surface area contributed by atoms with Crippen molar-refractivity contribution in [2.24, 2.45) is 0 Å². The molecule has 1 aliphatic heterocycles. The van der Waals surface area contributed by atoms with Gasteiger partial charge in [-0.25, -0.2) is 4.98 Å². The monoisotopic (exact) mass is 460 g/mol. The first kappa shape index (κ1) is 22.4. The van der Waals surface area contributed by atoms with Crippen molar-refractivity contribution in [2.45, 2.75) is 38.0 Å². The lowest BCUT2D eigenvalue weighted by atomic mass is 9.95. The summed E-state index contributed by atoms with van der Waals surface area (Å²) in [5, 5.41) is 6.22. The molecule has 0 radical (unpaired) electrons. The third-order valence-electron chi connectivity index (χ3n) is 5.61. The van der Waals surface area contributed by atoms with E-state index in [4.69, 9.17) is 0 Å². The second-order valence-corrected chi connectivity index (χ2v) is 8.89. The number of rotatable bonds is 5. The Morgan fingerprint density at radius 2 is 1.88 bits per heavy atom. The lowest BCUT2D eigenvalue weighted by molar-refractivity contribution is -0.137. The number of nitrogens with zero attached hydrogens (tertiary/aromatic N) is 3. The molecule has 1 N–H and O–H groups in total. The Bertz CT molecular complexity index is 1050. The number of aryl methyl sites for hydroxylation is 1. The van der Waals surface area contributed by atoms with Gasteiger partial charge in [0.1, 0.15) is 5.69 Å². The van der Waals surface area contributed by atoms with Crippen LogP contribution >= 0.6 is 11.3 Å². The number of alkyl halides is 3. The second kappa shape index (κ2) is 9.38. The first-order valence-electron chi connectivity index (χ1n) is 10.4. The van der Waals surface area contributed by atoms with E-state index in [2.05, 4.69) is 15.3 Å². The van der Waals surface area contributed by atoms with Gasteiger partial charge in [0.05, 0.1) is 16.6 Å². The number of halogens is 3. The molecule has 3 heterocycles. The van der Waals surface area contributed by atoms with Gasteiger partial charge in [-0.3, -0.25) is 9.78 Å². The van der Waals surface area contributed by atoms with Crippen molar-refractivity contribution in [3.8, 4) is 0 Å². The molecule has 9 heteroatoms. The fraction of sp³-hybridized carbons (Fsp3) is 0.348. The Morgan fingerprint density at radius 1 is 1.16 bits per heavy atom. The molecule has 0 bridgehead atoms. The zero-order chi connectivity index (χ0) is 22.7. The Hall–Kier alpha value is -2.78. The average molecular weight is 461 g/mol. The van der Waals surface area contributed by atoms with Gasteiger partial charge in [-0.1, -0.05) is 18.2 Å². The van der Waals surface area contributed by atoms with E-state index >= 15 is 0 Å². The number of thiazole rings is 1. The molecule has 1 unspecified atom stereocenters. The summed E-state index contributed by atoms with van der Waals surface area (Å²) in [5.41, 5.74) is 1.43. The quantitative estimate of drug-likeness (QED) is 0.592. The van der Waals surface area contributed by atoms with Crippen LogP contribution < -0.4 is 5.32 Å². The minimum Gasteiger partial charge on any atom is -0.337 e. The van der Waals surface area contributed by atoms with Crippen LogP contribution in [-0.2, 0) is 6.18 Å². The first-order valence-corrected chi connectivity index (χ1v) is 11.2. The zero-order valence-electron chi connectivity index (χ0n) is 17.5. The smallest absolute Gasteiger partial charge is 0.337 e. The molecule has 3 aromatic rings. The number of nitrogens with one attached hydrogen (secondary N) is 1. The molecule has 1 amide bonds. The molecule has 0 aliphatic carbocycles. The van der Waals surface area contributed by atoms with Crippen molar-refractivity contribution in [2.75, 3.05) is 13.1 Å². The van der Waals surface area contributed by atoms with Crippen LogP contribution in [0.2, 0.25) is 0 Å². The minimum absolute atomic E-state index is 0.0562. The summed E-state index contributed by atoms with van der Waals surface area (Å²) in [6.45, 7) is 3.07. The molecular weight excluding hydrogens is 437 g/mol. The maximum absolute atomic E-state index is 13.0. The van der Waals surface area contributed by atoms with Gasteiger partial charge in [0.15, 0.2) is 0 Å². The number of carbonyl (C=O) groups excluding carboxylic acids is 1. The number of amides is 1. The molecule has 32 heavy (non-hydrogen) atoms. The third-order valence-corrected chi connectivity index (χ3v) is 6.39. The van der Waals surface area contributed by atoms with Gasteiger partial charge in [0, 0.05) is 36.9 Å². The van der Waals surface area contributed by atoms with E-state index in [-0.39, 0.29) is 18.0 Å². The highest BCUT2D eigenvalue weighted by Crippen LogP contribution is 2.31. The number of pyridine rings is 1. The van der Waals surface area contributed by atoms with E-state index in [1.807, 2.05) is 24.0 Å². The topological polar surface area (TPSA) is 58.1 Å². The van der Waals surface area contributed by atoms with Crippen LogP contribution in [0.1, 0.15) is 51.1 Å². The van der Waals surface area contributed by atoms with Gasteiger partial charge >= 0.3 is 6.18 Å². The Morgan fingerprint density at radius 3 is 2.44 bits per heavy atom. The molecule has 0 saturated carbocycles. The minimum atomic E-state index is -4.37. The molecule has 168 valence electrons. The summed E-state index contributed by atoms with van der Waals surface area (Å²) in [7, 11) is 0. The highest BCUT2D eigenvalue weighted by atomic mass is 32.1. The zero-order valence-corrected chi connectivity index (χ0v) is 18.3. The van der Waals surface area contributed by atoms with E-state index in [9.17, 15) is 18.0 Å². The average Bonchev–Trinajstić information content (AvgIpc) is 3.24. The number of hydrogen-bond donors (Lipinski definition) is 1. The summed E-state index contributed by atoms with van der Waals surface area (Å²) in [5.74, 6) is -0.0562. The van der Waals surface area contributed by atoms with Gasteiger partial charge in [-0.2, -0.15) is 13.2 Å². The summed E-state index contributed by atoms with van der Waals surface area (Å²) >= 11 is 1.46. The highest BCUT2D eigenvalue weighted by Gasteiger charge is 2.31. The van der Waals surface area contributed by atoms with Crippen molar-refractivity contribution in [3.05, 3.63) is 81.6 Å². The van der Waals surface area contributed by atoms with E-state index in [0.717, 1.165) is 41.1 Å². The Kier molecular flexibility index (Phi) is 6.57. The normalized spacial score (nSPS) is 16.2. The van der Waals surface area contributed by atoms with Crippen LogP contribution in [0, 0.1) is 6.92 Å². The Balaban J connectivity index is 1.46. The number of carbonyl (C=O) groups is 1. The van der Waals surface area contributed by atoms with E-state index < -0.39 is 11.7 Å². The molecular formula is C23H23F3N4OS. The summed E-state index contributed by atoms with van der Waals surface area (Å²) in [6.07, 6.45) is 0.500. The van der Waals surface area contributed by atoms with Crippen molar-refractivity contribution >= 4 is 17.2 Å².